The number of fused-ring (bicyclic) bond motifs is 1. The van der Waals surface area contributed by atoms with Gasteiger partial charge in [-0.05, 0) is 61.2 Å². The molecule has 0 saturated carbocycles. The van der Waals surface area contributed by atoms with Gasteiger partial charge in [0, 0.05) is 29.4 Å². The van der Waals surface area contributed by atoms with Crippen molar-refractivity contribution in [3.05, 3.63) is 69.0 Å². The third kappa shape index (κ3) is 4.77. The van der Waals surface area contributed by atoms with E-state index in [9.17, 15) is 9.59 Å². The Morgan fingerprint density at radius 3 is 2.52 bits per heavy atom. The van der Waals surface area contributed by atoms with Gasteiger partial charge in [0.25, 0.3) is 5.56 Å². The summed E-state index contributed by atoms with van der Waals surface area (Å²) in [5, 5.41) is 3.90. The fourth-order valence-electron chi connectivity index (χ4n) is 3.43. The zero-order valence-electron chi connectivity index (χ0n) is 17.2. The minimum absolute atomic E-state index is 0.111. The maximum atomic E-state index is 12.4. The van der Waals surface area contributed by atoms with Crippen LogP contribution in [0.4, 0.5) is 0 Å². The van der Waals surface area contributed by atoms with Gasteiger partial charge < -0.3 is 19.8 Å². The third-order valence-electron chi connectivity index (χ3n) is 4.95. The second kappa shape index (κ2) is 8.82. The molecule has 152 valence electrons. The van der Waals surface area contributed by atoms with E-state index in [-0.39, 0.29) is 17.9 Å². The van der Waals surface area contributed by atoms with E-state index in [4.69, 9.17) is 9.47 Å². The molecule has 6 heteroatoms. The van der Waals surface area contributed by atoms with Crippen LogP contribution in [0.25, 0.3) is 10.9 Å². The number of hydrogen-bond acceptors (Lipinski definition) is 4. The largest absolute Gasteiger partial charge is 0.493 e. The van der Waals surface area contributed by atoms with Gasteiger partial charge in [0.05, 0.1) is 14.2 Å². The molecular formula is C23H26N2O4. The zero-order valence-corrected chi connectivity index (χ0v) is 17.2. The SMILES string of the molecule is COc1ccc(CNC(=O)CCc2cc3c(C)cc(C)cc3[nH]c2=O)cc1OC. The number of carbonyl (C=O) groups is 1. The van der Waals surface area contributed by atoms with Crippen LogP contribution in [0.2, 0.25) is 0 Å². The number of nitrogens with one attached hydrogen (secondary N) is 2. The van der Waals surface area contributed by atoms with E-state index in [1.807, 2.05) is 38.1 Å². The molecule has 1 amide bonds. The van der Waals surface area contributed by atoms with Crippen LogP contribution in [0.15, 0.2) is 41.2 Å². The molecule has 1 aromatic heterocycles. The number of aromatic nitrogens is 1. The van der Waals surface area contributed by atoms with Crippen LogP contribution < -0.4 is 20.3 Å². The number of aromatic amines is 1. The molecule has 0 radical (unpaired) electrons. The van der Waals surface area contributed by atoms with Gasteiger partial charge in [-0.25, -0.2) is 0 Å². The van der Waals surface area contributed by atoms with Crippen molar-refractivity contribution in [1.82, 2.24) is 10.3 Å². The summed E-state index contributed by atoms with van der Waals surface area (Å²) < 4.78 is 10.5. The Morgan fingerprint density at radius 1 is 1.03 bits per heavy atom. The van der Waals surface area contributed by atoms with Gasteiger partial charge in [-0.15, -0.1) is 0 Å². The fraction of sp³-hybridized carbons (Fsp3) is 0.304. The quantitative estimate of drug-likeness (QED) is 0.644. The van der Waals surface area contributed by atoms with Gasteiger partial charge in [-0.1, -0.05) is 12.1 Å². The number of methoxy groups -OCH3 is 2. The number of ether oxygens (including phenoxy) is 2. The molecule has 0 saturated heterocycles. The van der Waals surface area contributed by atoms with E-state index < -0.39 is 0 Å². The molecule has 29 heavy (non-hydrogen) atoms. The second-order valence-corrected chi connectivity index (χ2v) is 7.13. The van der Waals surface area contributed by atoms with Crippen LogP contribution in [-0.2, 0) is 17.8 Å². The van der Waals surface area contributed by atoms with Gasteiger partial charge in [-0.2, -0.15) is 0 Å². The molecule has 0 atom stereocenters. The van der Waals surface area contributed by atoms with Crippen molar-refractivity contribution < 1.29 is 14.3 Å². The Balaban J connectivity index is 1.64. The monoisotopic (exact) mass is 394 g/mol. The summed E-state index contributed by atoms with van der Waals surface area (Å²) in [5.41, 5.74) is 4.42. The first-order valence-electron chi connectivity index (χ1n) is 9.52. The average Bonchev–Trinajstić information content (AvgIpc) is 2.70. The Morgan fingerprint density at radius 2 is 1.79 bits per heavy atom. The lowest BCUT2D eigenvalue weighted by Gasteiger charge is -2.10. The summed E-state index contributed by atoms with van der Waals surface area (Å²) in [7, 11) is 3.15. The van der Waals surface area contributed by atoms with Crippen molar-refractivity contribution in [3.63, 3.8) is 0 Å². The average molecular weight is 394 g/mol. The smallest absolute Gasteiger partial charge is 0.251 e. The summed E-state index contributed by atoms with van der Waals surface area (Å²) in [6, 6.07) is 11.4. The van der Waals surface area contributed by atoms with Crippen molar-refractivity contribution in [3.8, 4) is 11.5 Å². The molecule has 2 N–H and O–H groups in total. The van der Waals surface area contributed by atoms with Crippen LogP contribution in [0, 0.1) is 13.8 Å². The molecule has 1 heterocycles. The summed E-state index contributed by atoms with van der Waals surface area (Å²) in [4.78, 5) is 27.6. The van der Waals surface area contributed by atoms with Crippen LogP contribution in [-0.4, -0.2) is 25.1 Å². The predicted molar refractivity (Wildman–Crippen MR) is 114 cm³/mol. The van der Waals surface area contributed by atoms with Crippen LogP contribution in [0.1, 0.15) is 28.7 Å². The van der Waals surface area contributed by atoms with Crippen molar-refractivity contribution in [2.75, 3.05) is 14.2 Å². The van der Waals surface area contributed by atoms with Gasteiger partial charge in [0.1, 0.15) is 0 Å². The molecule has 0 spiro atoms. The maximum Gasteiger partial charge on any atom is 0.251 e. The Kier molecular flexibility index (Phi) is 6.22. The number of benzene rings is 2. The third-order valence-corrected chi connectivity index (χ3v) is 4.95. The molecule has 0 aliphatic heterocycles. The van der Waals surface area contributed by atoms with E-state index in [1.54, 1.807) is 20.3 Å². The van der Waals surface area contributed by atoms with Gasteiger partial charge in [-0.3, -0.25) is 9.59 Å². The molecule has 0 fully saturated rings. The normalized spacial score (nSPS) is 10.8. The molecule has 0 aliphatic carbocycles. The highest BCUT2D eigenvalue weighted by atomic mass is 16.5. The Hall–Kier alpha value is -3.28. The molecule has 0 unspecified atom stereocenters. The summed E-state index contributed by atoms with van der Waals surface area (Å²) in [6.45, 7) is 4.40. The number of carbonyl (C=O) groups excluding carboxylic acids is 1. The minimum atomic E-state index is -0.143. The van der Waals surface area contributed by atoms with Gasteiger partial charge >= 0.3 is 0 Å². The van der Waals surface area contributed by atoms with Crippen molar-refractivity contribution in [2.45, 2.75) is 33.2 Å². The van der Waals surface area contributed by atoms with Gasteiger partial charge in [0.15, 0.2) is 11.5 Å². The highest BCUT2D eigenvalue weighted by Gasteiger charge is 2.10. The van der Waals surface area contributed by atoms with Crippen LogP contribution in [0.3, 0.4) is 0 Å². The summed E-state index contributed by atoms with van der Waals surface area (Å²) in [5.74, 6) is 1.15. The number of H-pyrrole nitrogens is 1. The molecule has 6 nitrogen and oxygen atoms in total. The number of hydrogen-bond donors (Lipinski definition) is 2. The fourth-order valence-corrected chi connectivity index (χ4v) is 3.43. The number of amides is 1. The molecule has 3 rings (SSSR count). The standard InChI is InChI=1S/C23H26N2O4/c1-14-9-15(2)18-12-17(23(27)25-19(18)10-14)6-8-22(26)24-13-16-5-7-20(28-3)21(11-16)29-4/h5,7,9-12H,6,8,13H2,1-4H3,(H,24,26)(H,25,27). The van der Waals surface area contributed by atoms with Crippen LogP contribution >= 0.6 is 0 Å². The predicted octanol–water partition coefficient (Wildman–Crippen LogP) is 3.41. The van der Waals surface area contributed by atoms with E-state index in [1.165, 1.54) is 0 Å². The van der Waals surface area contributed by atoms with E-state index in [0.29, 0.717) is 30.0 Å². The highest BCUT2D eigenvalue weighted by molar-refractivity contribution is 5.83. The first kappa shape index (κ1) is 20.5. The molecular weight excluding hydrogens is 368 g/mol. The van der Waals surface area contributed by atoms with Crippen molar-refractivity contribution >= 4 is 16.8 Å². The minimum Gasteiger partial charge on any atom is -0.493 e. The van der Waals surface area contributed by atoms with Crippen LogP contribution in [0.5, 0.6) is 11.5 Å². The zero-order chi connectivity index (χ0) is 21.0. The first-order valence-corrected chi connectivity index (χ1v) is 9.52. The van der Waals surface area contributed by atoms with E-state index in [2.05, 4.69) is 16.4 Å². The maximum absolute atomic E-state index is 12.4. The number of aryl methyl sites for hydroxylation is 3. The highest BCUT2D eigenvalue weighted by Crippen LogP contribution is 2.27. The lowest BCUT2D eigenvalue weighted by atomic mass is 10.0. The van der Waals surface area contributed by atoms with E-state index in [0.717, 1.165) is 27.6 Å². The Bertz CT molecular complexity index is 1100. The number of pyridine rings is 1. The Labute approximate surface area is 169 Å². The lowest BCUT2D eigenvalue weighted by Crippen LogP contribution is -2.24. The van der Waals surface area contributed by atoms with Gasteiger partial charge in [0.2, 0.25) is 5.91 Å². The summed E-state index contributed by atoms with van der Waals surface area (Å²) in [6.07, 6.45) is 0.628. The second-order valence-electron chi connectivity index (χ2n) is 7.13. The summed E-state index contributed by atoms with van der Waals surface area (Å²) >= 11 is 0. The molecule has 3 aromatic rings. The number of rotatable bonds is 7. The first-order chi connectivity index (χ1) is 13.9. The molecule has 0 aliphatic rings. The topological polar surface area (TPSA) is 80.4 Å². The van der Waals surface area contributed by atoms with Crippen molar-refractivity contribution in [1.29, 1.82) is 0 Å². The van der Waals surface area contributed by atoms with E-state index >= 15 is 0 Å². The lowest BCUT2D eigenvalue weighted by molar-refractivity contribution is -0.121. The molecule has 2 aromatic carbocycles. The van der Waals surface area contributed by atoms with Crippen molar-refractivity contribution in [2.24, 2.45) is 0 Å². The molecule has 0 bridgehead atoms.